The van der Waals surface area contributed by atoms with Crippen molar-refractivity contribution in [1.82, 2.24) is 14.8 Å². The van der Waals surface area contributed by atoms with Crippen molar-refractivity contribution in [3.05, 3.63) is 58.6 Å². The molecule has 1 aromatic heterocycles. The third-order valence-electron chi connectivity index (χ3n) is 3.90. The first-order valence-corrected chi connectivity index (χ1v) is 9.42. The molecule has 1 amide bonds. The highest BCUT2D eigenvalue weighted by molar-refractivity contribution is 7.99. The summed E-state index contributed by atoms with van der Waals surface area (Å²) in [5.41, 5.74) is 7.75. The Morgan fingerprint density at radius 1 is 1.18 bits per heavy atom. The normalized spacial score (nSPS) is 10.6. The van der Waals surface area contributed by atoms with Crippen molar-refractivity contribution in [1.29, 1.82) is 0 Å². The quantitative estimate of drug-likeness (QED) is 0.271. The first-order valence-electron chi connectivity index (χ1n) is 8.44. The van der Waals surface area contributed by atoms with Crippen LogP contribution in [0.5, 0.6) is 0 Å². The van der Waals surface area contributed by atoms with Crippen LogP contribution in [-0.4, -0.2) is 31.3 Å². The minimum atomic E-state index is -0.488. The summed E-state index contributed by atoms with van der Waals surface area (Å²) in [4.78, 5) is 22.4. The topological polar surface area (TPSA) is 129 Å². The van der Waals surface area contributed by atoms with Crippen molar-refractivity contribution in [2.75, 3.05) is 16.8 Å². The first-order chi connectivity index (χ1) is 13.5. The lowest BCUT2D eigenvalue weighted by atomic mass is 10.2. The largest absolute Gasteiger partial charge is 0.399 e. The fourth-order valence-electron chi connectivity index (χ4n) is 2.52. The Morgan fingerprint density at radius 2 is 1.86 bits per heavy atom. The van der Waals surface area contributed by atoms with Crippen LogP contribution in [-0.2, 0) is 11.3 Å². The fourth-order valence-corrected chi connectivity index (χ4v) is 3.32. The van der Waals surface area contributed by atoms with Crippen molar-refractivity contribution in [3.63, 3.8) is 0 Å². The second-order valence-electron chi connectivity index (χ2n) is 5.81. The number of hydrogen-bond donors (Lipinski definition) is 2. The number of amides is 1. The van der Waals surface area contributed by atoms with Gasteiger partial charge in [0.05, 0.1) is 10.7 Å². The molecule has 3 aromatic rings. The van der Waals surface area contributed by atoms with Gasteiger partial charge in [-0.2, -0.15) is 0 Å². The second kappa shape index (κ2) is 8.53. The Bertz CT molecular complexity index is 986. The monoisotopic (exact) mass is 398 g/mol. The maximum Gasteiger partial charge on any atom is 0.269 e. The molecule has 0 saturated carbocycles. The van der Waals surface area contributed by atoms with Crippen LogP contribution in [0.15, 0.2) is 53.7 Å². The molecule has 0 spiro atoms. The fraction of sp³-hybridized carbons (Fsp3) is 0.167. The number of aromatic nitrogens is 3. The van der Waals surface area contributed by atoms with Gasteiger partial charge in [-0.15, -0.1) is 10.2 Å². The summed E-state index contributed by atoms with van der Waals surface area (Å²) < 4.78 is 1.93. The van der Waals surface area contributed by atoms with E-state index in [0.717, 1.165) is 5.56 Å². The number of benzene rings is 2. The number of nitrogens with zero attached hydrogens (tertiary/aromatic N) is 4. The molecule has 0 radical (unpaired) electrons. The van der Waals surface area contributed by atoms with E-state index in [1.165, 1.54) is 36.0 Å². The van der Waals surface area contributed by atoms with E-state index in [4.69, 9.17) is 5.73 Å². The average molecular weight is 398 g/mol. The minimum Gasteiger partial charge on any atom is -0.399 e. The molecule has 0 fully saturated rings. The van der Waals surface area contributed by atoms with Crippen LogP contribution < -0.4 is 11.1 Å². The van der Waals surface area contributed by atoms with E-state index < -0.39 is 4.92 Å². The number of nitrogen functional groups attached to an aromatic ring is 1. The minimum absolute atomic E-state index is 0.0291. The highest BCUT2D eigenvalue weighted by Crippen LogP contribution is 2.25. The number of carbonyl (C=O) groups is 1. The number of nitrogens with two attached hydrogens (primary N) is 1. The van der Waals surface area contributed by atoms with Crippen LogP contribution in [0.4, 0.5) is 17.1 Å². The molecule has 0 saturated heterocycles. The number of nitro groups is 1. The summed E-state index contributed by atoms with van der Waals surface area (Å²) in [6.45, 7) is 2.63. The van der Waals surface area contributed by atoms with E-state index in [-0.39, 0.29) is 17.3 Å². The van der Waals surface area contributed by atoms with Crippen molar-refractivity contribution < 1.29 is 9.72 Å². The Labute approximate surface area is 165 Å². The molecule has 2 aromatic carbocycles. The zero-order chi connectivity index (χ0) is 20.1. The van der Waals surface area contributed by atoms with Gasteiger partial charge in [0.15, 0.2) is 11.0 Å². The lowest BCUT2D eigenvalue weighted by Crippen LogP contribution is -2.14. The summed E-state index contributed by atoms with van der Waals surface area (Å²) in [7, 11) is 0. The summed E-state index contributed by atoms with van der Waals surface area (Å²) >= 11 is 1.27. The Morgan fingerprint density at radius 3 is 2.46 bits per heavy atom. The van der Waals surface area contributed by atoms with Crippen molar-refractivity contribution in [3.8, 4) is 11.4 Å². The van der Waals surface area contributed by atoms with Gasteiger partial charge in [-0.25, -0.2) is 0 Å². The molecular formula is C18H18N6O3S. The number of non-ortho nitro benzene ring substituents is 1. The molecule has 144 valence electrons. The summed E-state index contributed by atoms with van der Waals surface area (Å²) in [6, 6.07) is 13.0. The smallest absolute Gasteiger partial charge is 0.269 e. The SMILES string of the molecule is CCn1c(SCC(=O)Nc2ccc([N+](=O)[O-])cc2)nnc1-c1ccc(N)cc1. The Kier molecular flexibility index (Phi) is 5.90. The number of carbonyl (C=O) groups excluding carboxylic acids is 1. The molecule has 0 aliphatic rings. The number of hydrogen-bond acceptors (Lipinski definition) is 7. The molecule has 3 N–H and O–H groups in total. The number of rotatable bonds is 7. The maximum absolute atomic E-state index is 12.2. The van der Waals surface area contributed by atoms with E-state index in [2.05, 4.69) is 15.5 Å². The molecule has 0 aliphatic heterocycles. The first kappa shape index (κ1) is 19.4. The second-order valence-corrected chi connectivity index (χ2v) is 6.76. The molecule has 1 heterocycles. The molecule has 28 heavy (non-hydrogen) atoms. The van der Waals surface area contributed by atoms with Gasteiger partial charge in [0.25, 0.3) is 5.69 Å². The van der Waals surface area contributed by atoms with Crippen molar-refractivity contribution in [2.45, 2.75) is 18.6 Å². The molecular weight excluding hydrogens is 380 g/mol. The Balaban J connectivity index is 1.64. The molecule has 0 bridgehead atoms. The van der Waals surface area contributed by atoms with Crippen LogP contribution >= 0.6 is 11.8 Å². The standard InChI is InChI=1S/C18H18N6O3S/c1-2-23-17(12-3-5-13(19)6-4-12)21-22-18(23)28-11-16(25)20-14-7-9-15(10-8-14)24(26)27/h3-10H,2,11,19H2,1H3,(H,20,25). The van der Waals surface area contributed by atoms with Crippen LogP contribution in [0.25, 0.3) is 11.4 Å². The van der Waals surface area contributed by atoms with Gasteiger partial charge < -0.3 is 15.6 Å². The van der Waals surface area contributed by atoms with Gasteiger partial charge >= 0.3 is 0 Å². The van der Waals surface area contributed by atoms with Gasteiger partial charge in [0, 0.05) is 35.6 Å². The average Bonchev–Trinajstić information content (AvgIpc) is 3.10. The number of nitro benzene ring substituents is 1. The summed E-state index contributed by atoms with van der Waals surface area (Å²) in [5.74, 6) is 0.607. The predicted octanol–water partition coefficient (Wildman–Crippen LogP) is 3.19. The summed E-state index contributed by atoms with van der Waals surface area (Å²) in [5, 5.41) is 22.4. The van der Waals surface area contributed by atoms with Crippen molar-refractivity contribution in [2.24, 2.45) is 0 Å². The number of anilines is 2. The highest BCUT2D eigenvalue weighted by atomic mass is 32.2. The molecule has 3 rings (SSSR count). The van der Waals surface area contributed by atoms with E-state index in [9.17, 15) is 14.9 Å². The lowest BCUT2D eigenvalue weighted by Gasteiger charge is -2.08. The zero-order valence-corrected chi connectivity index (χ0v) is 15.8. The van der Waals surface area contributed by atoms with Crippen LogP contribution in [0.1, 0.15) is 6.92 Å². The predicted molar refractivity (Wildman–Crippen MR) is 108 cm³/mol. The maximum atomic E-state index is 12.2. The third kappa shape index (κ3) is 4.46. The van der Waals surface area contributed by atoms with Crippen LogP contribution in [0, 0.1) is 10.1 Å². The molecule has 0 unspecified atom stereocenters. The molecule has 0 aliphatic carbocycles. The number of thioether (sulfide) groups is 1. The highest BCUT2D eigenvalue weighted by Gasteiger charge is 2.15. The van der Waals surface area contributed by atoms with E-state index in [1.54, 1.807) is 12.1 Å². The molecule has 0 atom stereocenters. The van der Waals surface area contributed by atoms with Gasteiger partial charge in [-0.3, -0.25) is 14.9 Å². The van der Waals surface area contributed by atoms with E-state index >= 15 is 0 Å². The lowest BCUT2D eigenvalue weighted by molar-refractivity contribution is -0.384. The molecule has 10 heteroatoms. The van der Waals surface area contributed by atoms with Gasteiger partial charge in [-0.1, -0.05) is 11.8 Å². The van der Waals surface area contributed by atoms with Crippen LogP contribution in [0.2, 0.25) is 0 Å². The van der Waals surface area contributed by atoms with Gasteiger partial charge in [0.2, 0.25) is 5.91 Å². The zero-order valence-electron chi connectivity index (χ0n) is 15.0. The van der Waals surface area contributed by atoms with Gasteiger partial charge in [0.1, 0.15) is 0 Å². The van der Waals surface area contributed by atoms with Crippen LogP contribution in [0.3, 0.4) is 0 Å². The van der Waals surface area contributed by atoms with Crippen molar-refractivity contribution >= 4 is 34.7 Å². The van der Waals surface area contributed by atoms with E-state index in [0.29, 0.717) is 28.9 Å². The third-order valence-corrected chi connectivity index (χ3v) is 4.86. The van der Waals surface area contributed by atoms with Gasteiger partial charge in [-0.05, 0) is 43.3 Å². The Hall–Kier alpha value is -3.40. The summed E-state index contributed by atoms with van der Waals surface area (Å²) in [6.07, 6.45) is 0. The molecule has 9 nitrogen and oxygen atoms in total. The van der Waals surface area contributed by atoms with E-state index in [1.807, 2.05) is 23.6 Å². The number of nitrogens with one attached hydrogen (secondary N) is 1.